The van der Waals surface area contributed by atoms with Gasteiger partial charge in [0.2, 0.25) is 5.69 Å². The van der Waals surface area contributed by atoms with E-state index >= 15 is 0 Å². The minimum atomic E-state index is -0.291. The highest BCUT2D eigenvalue weighted by molar-refractivity contribution is 5.02. The van der Waals surface area contributed by atoms with E-state index in [1.165, 1.54) is 24.1 Å². The Hall–Kier alpha value is -1.12. The molecule has 66 valence electrons. The number of hydrogen-bond donors (Lipinski definition) is 0. The molecule has 3 heteroatoms. The lowest BCUT2D eigenvalue weighted by molar-refractivity contribution is -0.892. The number of nitrogens with zero attached hydrogens (tertiary/aromatic N) is 1. The standard InChI is InChI=1S/C9H13FNO/c1-7(2)9-5-4-8(10)6-11(9)12-3/h4-7H,1-3H3/q+1. The first kappa shape index (κ1) is 8.97. The summed E-state index contributed by atoms with van der Waals surface area (Å²) in [6.07, 6.45) is 1.33. The normalized spacial score (nSPS) is 10.4. The zero-order valence-electron chi connectivity index (χ0n) is 7.54. The molecular formula is C9H13FNO+. The van der Waals surface area contributed by atoms with Crippen LogP contribution in [0.3, 0.4) is 0 Å². The van der Waals surface area contributed by atoms with E-state index in [-0.39, 0.29) is 5.82 Å². The van der Waals surface area contributed by atoms with E-state index in [9.17, 15) is 4.39 Å². The number of hydrogen-bond acceptors (Lipinski definition) is 1. The second-order valence-corrected chi connectivity index (χ2v) is 2.94. The smallest absolute Gasteiger partial charge is 0.258 e. The minimum Gasteiger partial charge on any atom is -0.274 e. The lowest BCUT2D eigenvalue weighted by Crippen LogP contribution is -2.45. The van der Waals surface area contributed by atoms with Crippen LogP contribution < -0.4 is 9.57 Å². The molecule has 1 aromatic rings. The third-order valence-corrected chi connectivity index (χ3v) is 1.70. The zero-order valence-corrected chi connectivity index (χ0v) is 7.54. The average molecular weight is 170 g/mol. The quantitative estimate of drug-likeness (QED) is 0.610. The lowest BCUT2D eigenvalue weighted by Gasteiger charge is -2.01. The van der Waals surface area contributed by atoms with E-state index < -0.39 is 0 Å². The summed E-state index contributed by atoms with van der Waals surface area (Å²) in [6, 6.07) is 3.16. The van der Waals surface area contributed by atoms with Crippen LogP contribution in [0.4, 0.5) is 4.39 Å². The molecule has 0 spiro atoms. The predicted octanol–water partition coefficient (Wildman–Crippen LogP) is 1.29. The van der Waals surface area contributed by atoms with Gasteiger partial charge in [0.15, 0.2) is 5.82 Å². The van der Waals surface area contributed by atoms with E-state index in [2.05, 4.69) is 0 Å². The maximum Gasteiger partial charge on any atom is 0.258 e. The van der Waals surface area contributed by atoms with Crippen LogP contribution in [0.25, 0.3) is 0 Å². The molecule has 0 N–H and O–H groups in total. The van der Waals surface area contributed by atoms with Gasteiger partial charge in [-0.05, 0) is 6.07 Å². The highest BCUT2D eigenvalue weighted by Gasteiger charge is 2.16. The Morgan fingerprint density at radius 2 is 2.08 bits per heavy atom. The van der Waals surface area contributed by atoms with Crippen molar-refractivity contribution < 1.29 is 14.0 Å². The Morgan fingerprint density at radius 1 is 1.42 bits per heavy atom. The van der Waals surface area contributed by atoms with Crippen LogP contribution in [0, 0.1) is 5.82 Å². The molecular weight excluding hydrogens is 157 g/mol. The molecule has 0 saturated heterocycles. The number of aromatic nitrogens is 1. The molecule has 0 amide bonds. The van der Waals surface area contributed by atoms with Gasteiger partial charge in [0.25, 0.3) is 6.20 Å². The number of pyridine rings is 1. The van der Waals surface area contributed by atoms with Crippen molar-refractivity contribution in [1.82, 2.24) is 0 Å². The van der Waals surface area contributed by atoms with Gasteiger partial charge >= 0.3 is 0 Å². The Labute approximate surface area is 71.6 Å². The maximum atomic E-state index is 12.7. The fourth-order valence-corrected chi connectivity index (χ4v) is 1.07. The molecule has 0 aliphatic heterocycles. The largest absolute Gasteiger partial charge is 0.274 e. The van der Waals surface area contributed by atoms with Gasteiger partial charge in [-0.25, -0.2) is 4.39 Å². The number of halogens is 1. The van der Waals surface area contributed by atoms with Crippen LogP contribution in [0.5, 0.6) is 0 Å². The topological polar surface area (TPSA) is 13.1 Å². The Kier molecular flexibility index (Phi) is 2.63. The summed E-state index contributed by atoms with van der Waals surface area (Å²) < 4.78 is 14.1. The molecule has 0 aliphatic carbocycles. The molecule has 0 bridgehead atoms. The third kappa shape index (κ3) is 1.72. The van der Waals surface area contributed by atoms with Crippen molar-refractivity contribution in [1.29, 1.82) is 0 Å². The fourth-order valence-electron chi connectivity index (χ4n) is 1.07. The molecule has 0 unspecified atom stereocenters. The van der Waals surface area contributed by atoms with Gasteiger partial charge in [-0.1, -0.05) is 13.8 Å². The first-order valence-corrected chi connectivity index (χ1v) is 3.90. The zero-order chi connectivity index (χ0) is 9.14. The molecule has 0 radical (unpaired) electrons. The average Bonchev–Trinajstić information content (AvgIpc) is 2.03. The van der Waals surface area contributed by atoms with Gasteiger partial charge in [-0.3, -0.25) is 4.84 Å². The summed E-state index contributed by atoms with van der Waals surface area (Å²) in [7, 11) is 1.52. The molecule has 0 aliphatic rings. The van der Waals surface area contributed by atoms with Gasteiger partial charge in [0.1, 0.15) is 7.11 Å². The Morgan fingerprint density at radius 3 is 2.58 bits per heavy atom. The summed E-state index contributed by atoms with van der Waals surface area (Å²) in [4.78, 5) is 4.96. The van der Waals surface area contributed by atoms with Crippen molar-refractivity contribution in [3.63, 3.8) is 0 Å². The number of rotatable bonds is 2. The fraction of sp³-hybridized carbons (Fsp3) is 0.444. The van der Waals surface area contributed by atoms with E-state index in [0.29, 0.717) is 5.92 Å². The van der Waals surface area contributed by atoms with Crippen molar-refractivity contribution in [3.8, 4) is 0 Å². The minimum absolute atomic E-state index is 0.291. The van der Waals surface area contributed by atoms with Gasteiger partial charge < -0.3 is 0 Å². The van der Waals surface area contributed by atoms with Crippen molar-refractivity contribution >= 4 is 0 Å². The monoisotopic (exact) mass is 170 g/mol. The predicted molar refractivity (Wildman–Crippen MR) is 43.2 cm³/mol. The van der Waals surface area contributed by atoms with E-state index in [4.69, 9.17) is 4.84 Å². The summed E-state index contributed by atoms with van der Waals surface area (Å²) in [5.41, 5.74) is 0.957. The first-order chi connectivity index (χ1) is 5.65. The molecule has 0 saturated carbocycles. The summed E-state index contributed by atoms with van der Waals surface area (Å²) >= 11 is 0. The molecule has 1 heterocycles. The molecule has 1 aromatic heterocycles. The molecule has 12 heavy (non-hydrogen) atoms. The van der Waals surface area contributed by atoms with E-state index in [0.717, 1.165) is 5.69 Å². The Balaban J connectivity index is 3.11. The van der Waals surface area contributed by atoms with Crippen molar-refractivity contribution in [2.75, 3.05) is 7.11 Å². The summed E-state index contributed by atoms with van der Waals surface area (Å²) in [6.45, 7) is 4.06. The SMILES string of the molecule is CO[n+]1cc(F)ccc1C(C)C. The molecule has 1 rings (SSSR count). The molecule has 0 fully saturated rings. The maximum absolute atomic E-state index is 12.7. The van der Waals surface area contributed by atoms with Crippen LogP contribution in [-0.2, 0) is 0 Å². The second kappa shape index (κ2) is 3.52. The third-order valence-electron chi connectivity index (χ3n) is 1.70. The van der Waals surface area contributed by atoms with Crippen LogP contribution in [0.2, 0.25) is 0 Å². The molecule has 0 aromatic carbocycles. The van der Waals surface area contributed by atoms with Gasteiger partial charge in [-0.2, -0.15) is 0 Å². The van der Waals surface area contributed by atoms with Crippen LogP contribution in [-0.4, -0.2) is 7.11 Å². The molecule has 0 atom stereocenters. The van der Waals surface area contributed by atoms with Crippen LogP contribution in [0.1, 0.15) is 25.5 Å². The highest BCUT2D eigenvalue weighted by atomic mass is 19.1. The van der Waals surface area contributed by atoms with Crippen molar-refractivity contribution in [3.05, 3.63) is 29.8 Å². The molecule has 2 nitrogen and oxygen atoms in total. The van der Waals surface area contributed by atoms with Gasteiger partial charge in [-0.15, -0.1) is 0 Å². The second-order valence-electron chi connectivity index (χ2n) is 2.94. The summed E-state index contributed by atoms with van der Waals surface area (Å²) in [5, 5.41) is 0. The van der Waals surface area contributed by atoms with E-state index in [1.807, 2.05) is 13.8 Å². The van der Waals surface area contributed by atoms with Crippen molar-refractivity contribution in [2.24, 2.45) is 0 Å². The van der Waals surface area contributed by atoms with E-state index in [1.54, 1.807) is 6.07 Å². The van der Waals surface area contributed by atoms with Gasteiger partial charge in [0, 0.05) is 16.7 Å². The van der Waals surface area contributed by atoms with Crippen LogP contribution >= 0.6 is 0 Å². The van der Waals surface area contributed by atoms with Crippen molar-refractivity contribution in [2.45, 2.75) is 19.8 Å². The highest BCUT2D eigenvalue weighted by Crippen LogP contribution is 2.08. The summed E-state index contributed by atoms with van der Waals surface area (Å²) in [5.74, 6) is 0.0341. The lowest BCUT2D eigenvalue weighted by atomic mass is 10.1. The van der Waals surface area contributed by atoms with Crippen LogP contribution in [0.15, 0.2) is 18.3 Å². The first-order valence-electron chi connectivity index (χ1n) is 3.90. The Bertz CT molecular complexity index is 273. The van der Waals surface area contributed by atoms with Gasteiger partial charge in [0.05, 0.1) is 0 Å².